The minimum absolute atomic E-state index is 0.166. The maximum Gasteiger partial charge on any atom is 0.407 e. The minimum Gasteiger partial charge on any atom is -0.465 e. The minimum atomic E-state index is -1.05. The van der Waals surface area contributed by atoms with Gasteiger partial charge in [0.05, 0.1) is 6.04 Å². The number of hydrogen-bond acceptors (Lipinski definition) is 4. The fourth-order valence-electron chi connectivity index (χ4n) is 1.83. The maximum absolute atomic E-state index is 11.6. The monoisotopic (exact) mass is 260 g/mol. The molecule has 2 unspecified atom stereocenters. The van der Waals surface area contributed by atoms with E-state index in [0.29, 0.717) is 0 Å². The fourth-order valence-corrected chi connectivity index (χ4v) is 1.83. The lowest BCUT2D eigenvalue weighted by molar-refractivity contribution is 0.0487. The average molecular weight is 260 g/mol. The lowest BCUT2D eigenvalue weighted by Crippen LogP contribution is -2.44. The number of amides is 2. The van der Waals surface area contributed by atoms with E-state index in [2.05, 4.69) is 5.32 Å². The van der Waals surface area contributed by atoms with Crippen molar-refractivity contribution in [2.45, 2.75) is 32.4 Å². The van der Waals surface area contributed by atoms with Crippen LogP contribution in [-0.4, -0.2) is 58.6 Å². The molecule has 1 aliphatic heterocycles. The number of aliphatic hydroxyl groups is 1. The zero-order valence-corrected chi connectivity index (χ0v) is 10.8. The summed E-state index contributed by atoms with van der Waals surface area (Å²) in [6.07, 6.45) is -1.65. The maximum atomic E-state index is 11.6. The molecule has 0 aromatic heterocycles. The molecular formula is C11H20N2O5. The van der Waals surface area contributed by atoms with Gasteiger partial charge in [-0.2, -0.15) is 0 Å². The molecule has 1 heterocycles. The van der Waals surface area contributed by atoms with Crippen LogP contribution in [0, 0.1) is 5.92 Å². The highest BCUT2D eigenvalue weighted by Crippen LogP contribution is 2.17. The van der Waals surface area contributed by atoms with E-state index < -0.39 is 23.8 Å². The van der Waals surface area contributed by atoms with Gasteiger partial charge in [0.15, 0.2) is 0 Å². The third-order valence-corrected chi connectivity index (χ3v) is 2.65. The van der Waals surface area contributed by atoms with Gasteiger partial charge in [-0.3, -0.25) is 0 Å². The molecule has 1 fully saturated rings. The van der Waals surface area contributed by atoms with Crippen LogP contribution in [0.25, 0.3) is 0 Å². The van der Waals surface area contributed by atoms with Gasteiger partial charge in [-0.1, -0.05) is 0 Å². The number of nitrogens with zero attached hydrogens (tertiary/aromatic N) is 1. The molecule has 104 valence electrons. The molecule has 1 aliphatic rings. The van der Waals surface area contributed by atoms with Crippen molar-refractivity contribution in [3.8, 4) is 0 Å². The number of aliphatic hydroxyl groups excluding tert-OH is 1. The summed E-state index contributed by atoms with van der Waals surface area (Å²) in [5.41, 5.74) is -0.607. The third-order valence-electron chi connectivity index (χ3n) is 2.65. The summed E-state index contributed by atoms with van der Waals surface area (Å²) in [5, 5.41) is 20.6. The number of ether oxygens (including phenoxy) is 1. The van der Waals surface area contributed by atoms with E-state index in [4.69, 9.17) is 14.9 Å². The lowest BCUT2D eigenvalue weighted by Gasteiger charge is -2.23. The molecule has 0 radical (unpaired) electrons. The summed E-state index contributed by atoms with van der Waals surface area (Å²) in [6.45, 7) is 5.44. The fraction of sp³-hybridized carbons (Fsp3) is 0.818. The third kappa shape index (κ3) is 4.06. The number of likely N-dealkylation sites (tertiary alicyclic amines) is 1. The van der Waals surface area contributed by atoms with Crippen LogP contribution in [0.2, 0.25) is 0 Å². The number of nitrogens with one attached hydrogen (secondary N) is 1. The van der Waals surface area contributed by atoms with Crippen LogP contribution >= 0.6 is 0 Å². The Morgan fingerprint density at radius 1 is 1.39 bits per heavy atom. The highest BCUT2D eigenvalue weighted by atomic mass is 16.6. The SMILES string of the molecule is CC(C)(C)OC(=O)NC1CN(C(=O)O)CC1CO. The van der Waals surface area contributed by atoms with E-state index in [0.717, 1.165) is 0 Å². The predicted octanol–water partition coefficient (Wildman–Crippen LogP) is 0.482. The van der Waals surface area contributed by atoms with Gasteiger partial charge >= 0.3 is 12.2 Å². The summed E-state index contributed by atoms with van der Waals surface area (Å²) < 4.78 is 5.09. The van der Waals surface area contributed by atoms with E-state index in [1.54, 1.807) is 20.8 Å². The van der Waals surface area contributed by atoms with E-state index in [1.165, 1.54) is 4.90 Å². The number of hydrogen-bond donors (Lipinski definition) is 3. The molecule has 2 amide bonds. The Labute approximate surface area is 106 Å². The van der Waals surface area contributed by atoms with Crippen molar-refractivity contribution in [3.05, 3.63) is 0 Å². The molecule has 3 N–H and O–H groups in total. The molecule has 1 saturated heterocycles. The van der Waals surface area contributed by atoms with Crippen molar-refractivity contribution in [1.29, 1.82) is 0 Å². The molecule has 1 rings (SSSR count). The largest absolute Gasteiger partial charge is 0.465 e. The standard InChI is InChI=1S/C11H20N2O5/c1-11(2,3)18-9(15)12-8-5-13(10(16)17)4-7(8)6-14/h7-8,14H,4-6H2,1-3H3,(H,12,15)(H,16,17). The van der Waals surface area contributed by atoms with Crippen LogP contribution in [0.4, 0.5) is 9.59 Å². The first-order valence-corrected chi connectivity index (χ1v) is 5.81. The van der Waals surface area contributed by atoms with Gasteiger partial charge in [-0.25, -0.2) is 9.59 Å². The zero-order chi connectivity index (χ0) is 13.9. The van der Waals surface area contributed by atoms with Crippen LogP contribution in [0.15, 0.2) is 0 Å². The number of rotatable bonds is 2. The number of carbonyl (C=O) groups excluding carboxylic acids is 1. The molecule has 0 spiro atoms. The molecule has 0 bridgehead atoms. The summed E-state index contributed by atoms with van der Waals surface area (Å²) >= 11 is 0. The van der Waals surface area contributed by atoms with Crippen LogP contribution in [0.1, 0.15) is 20.8 Å². The van der Waals surface area contributed by atoms with Crippen LogP contribution < -0.4 is 5.32 Å². The molecule has 0 aromatic rings. The van der Waals surface area contributed by atoms with Crippen molar-refractivity contribution in [1.82, 2.24) is 10.2 Å². The molecule has 18 heavy (non-hydrogen) atoms. The van der Waals surface area contributed by atoms with Crippen LogP contribution in [0.5, 0.6) is 0 Å². The summed E-state index contributed by atoms with van der Waals surface area (Å²) in [5.74, 6) is -0.298. The predicted molar refractivity (Wildman–Crippen MR) is 63.3 cm³/mol. The van der Waals surface area contributed by atoms with E-state index >= 15 is 0 Å². The highest BCUT2D eigenvalue weighted by Gasteiger charge is 2.36. The Bertz CT molecular complexity index is 326. The van der Waals surface area contributed by atoms with Crippen molar-refractivity contribution in [2.24, 2.45) is 5.92 Å². The second-order valence-electron chi connectivity index (χ2n) is 5.38. The second-order valence-corrected chi connectivity index (χ2v) is 5.38. The highest BCUT2D eigenvalue weighted by molar-refractivity contribution is 5.69. The summed E-state index contributed by atoms with van der Waals surface area (Å²) in [7, 11) is 0. The molecule has 7 heteroatoms. The van der Waals surface area contributed by atoms with Gasteiger partial charge in [-0.15, -0.1) is 0 Å². The van der Waals surface area contributed by atoms with Crippen LogP contribution in [-0.2, 0) is 4.74 Å². The van der Waals surface area contributed by atoms with Gasteiger partial charge in [0.1, 0.15) is 5.60 Å². The number of carbonyl (C=O) groups is 2. The first kappa shape index (κ1) is 14.6. The van der Waals surface area contributed by atoms with Gasteiger partial charge in [0.2, 0.25) is 0 Å². The van der Waals surface area contributed by atoms with Crippen molar-refractivity contribution >= 4 is 12.2 Å². The Morgan fingerprint density at radius 3 is 2.44 bits per heavy atom. The summed E-state index contributed by atoms with van der Waals surface area (Å²) in [6, 6.07) is -0.416. The van der Waals surface area contributed by atoms with Crippen molar-refractivity contribution < 1.29 is 24.5 Å². The van der Waals surface area contributed by atoms with E-state index in [1.807, 2.05) is 0 Å². The topological polar surface area (TPSA) is 99.1 Å². The summed E-state index contributed by atoms with van der Waals surface area (Å²) in [4.78, 5) is 23.6. The first-order valence-electron chi connectivity index (χ1n) is 5.81. The first-order chi connectivity index (χ1) is 8.23. The van der Waals surface area contributed by atoms with E-state index in [-0.39, 0.29) is 25.6 Å². The molecule has 0 aromatic carbocycles. The Morgan fingerprint density at radius 2 is 2.00 bits per heavy atom. The Balaban J connectivity index is 2.55. The smallest absolute Gasteiger partial charge is 0.407 e. The van der Waals surface area contributed by atoms with Crippen molar-refractivity contribution in [2.75, 3.05) is 19.7 Å². The molecule has 7 nitrogen and oxygen atoms in total. The van der Waals surface area contributed by atoms with Crippen LogP contribution in [0.3, 0.4) is 0 Å². The van der Waals surface area contributed by atoms with Gasteiger partial charge in [0, 0.05) is 25.6 Å². The second kappa shape index (κ2) is 5.43. The van der Waals surface area contributed by atoms with Gasteiger partial charge in [0.25, 0.3) is 0 Å². The lowest BCUT2D eigenvalue weighted by atomic mass is 10.1. The molecule has 2 atom stereocenters. The van der Waals surface area contributed by atoms with Gasteiger partial charge < -0.3 is 25.2 Å². The number of carboxylic acid groups (broad SMARTS) is 1. The van der Waals surface area contributed by atoms with Gasteiger partial charge in [-0.05, 0) is 20.8 Å². The molecule has 0 saturated carbocycles. The number of alkyl carbamates (subject to hydrolysis) is 1. The zero-order valence-electron chi connectivity index (χ0n) is 10.8. The average Bonchev–Trinajstić information content (AvgIpc) is 2.57. The Hall–Kier alpha value is -1.50. The quantitative estimate of drug-likeness (QED) is 0.670. The molecular weight excluding hydrogens is 240 g/mol. The Kier molecular flexibility index (Phi) is 4.39. The normalized spacial score (nSPS) is 23.9. The molecule has 0 aliphatic carbocycles. The van der Waals surface area contributed by atoms with Crippen molar-refractivity contribution in [3.63, 3.8) is 0 Å². The van der Waals surface area contributed by atoms with E-state index in [9.17, 15) is 9.59 Å².